The van der Waals surface area contributed by atoms with Gasteiger partial charge in [-0.15, -0.1) is 0 Å². The molecule has 1 aliphatic carbocycles. The molecule has 0 spiro atoms. The summed E-state index contributed by atoms with van der Waals surface area (Å²) in [6.07, 6.45) is 7.78. The van der Waals surface area contributed by atoms with Crippen LogP contribution >= 0.6 is 0 Å². The Balaban J connectivity index is 1.82. The second-order valence-corrected chi connectivity index (χ2v) is 7.22. The van der Waals surface area contributed by atoms with Crippen molar-refractivity contribution in [2.24, 2.45) is 17.3 Å². The minimum Gasteiger partial charge on any atom is -0.472 e. The average Bonchev–Trinajstić information content (AvgIpc) is 2.84. The monoisotopic (exact) mass is 232 g/mol. The van der Waals surface area contributed by atoms with Crippen molar-refractivity contribution in [2.45, 2.75) is 51.7 Å². The van der Waals surface area contributed by atoms with Crippen LogP contribution in [-0.2, 0) is 11.2 Å². The molecule has 2 aliphatic heterocycles. The van der Waals surface area contributed by atoms with Crippen molar-refractivity contribution in [1.29, 1.82) is 0 Å². The number of fused-ring (bicyclic) bond motifs is 7. The molecule has 3 heterocycles. The summed E-state index contributed by atoms with van der Waals surface area (Å²) in [5, 5.41) is 0. The van der Waals surface area contributed by atoms with Gasteiger partial charge in [0.2, 0.25) is 0 Å². The van der Waals surface area contributed by atoms with Gasteiger partial charge in [0, 0.05) is 12.0 Å². The molecule has 0 N–H and O–H groups in total. The van der Waals surface area contributed by atoms with E-state index in [0.717, 1.165) is 12.3 Å². The number of hydrogen-bond donors (Lipinski definition) is 0. The Kier molecular flexibility index (Phi) is 1.68. The largest absolute Gasteiger partial charge is 0.472 e. The average molecular weight is 232 g/mol. The van der Waals surface area contributed by atoms with Gasteiger partial charge in [-0.1, -0.05) is 13.8 Å². The molecule has 4 rings (SSSR count). The minimum absolute atomic E-state index is 0.0555. The molecule has 1 aromatic rings. The lowest BCUT2D eigenvalue weighted by molar-refractivity contribution is -0.0683. The molecule has 2 nitrogen and oxygen atoms in total. The summed E-state index contributed by atoms with van der Waals surface area (Å²) in [4.78, 5) is 0. The third-order valence-electron chi connectivity index (χ3n) is 5.27. The Morgan fingerprint density at radius 3 is 2.82 bits per heavy atom. The molecule has 4 atom stereocenters. The van der Waals surface area contributed by atoms with Gasteiger partial charge < -0.3 is 9.15 Å². The summed E-state index contributed by atoms with van der Waals surface area (Å²) in [5.41, 5.74) is 3.25. The molecule has 0 aromatic carbocycles. The Labute approximate surface area is 102 Å². The van der Waals surface area contributed by atoms with Crippen LogP contribution in [0.3, 0.4) is 0 Å². The molecule has 1 aromatic heterocycles. The molecule has 2 heteroatoms. The first kappa shape index (κ1) is 10.2. The van der Waals surface area contributed by atoms with E-state index in [4.69, 9.17) is 9.15 Å². The van der Waals surface area contributed by atoms with Crippen molar-refractivity contribution in [3.63, 3.8) is 0 Å². The minimum atomic E-state index is 0.0555. The normalized spacial score (nSPS) is 45.7. The van der Waals surface area contributed by atoms with Crippen LogP contribution in [0.2, 0.25) is 0 Å². The lowest BCUT2D eigenvalue weighted by Crippen LogP contribution is -2.36. The molecule has 0 amide bonds. The Morgan fingerprint density at radius 2 is 2.00 bits per heavy atom. The van der Waals surface area contributed by atoms with Gasteiger partial charge in [0.1, 0.15) is 0 Å². The summed E-state index contributed by atoms with van der Waals surface area (Å²) in [6, 6.07) is 0. The van der Waals surface area contributed by atoms with Crippen molar-refractivity contribution < 1.29 is 9.15 Å². The Morgan fingerprint density at radius 1 is 1.18 bits per heavy atom. The van der Waals surface area contributed by atoms with Crippen LogP contribution in [0.25, 0.3) is 0 Å². The van der Waals surface area contributed by atoms with Gasteiger partial charge in [0.25, 0.3) is 0 Å². The van der Waals surface area contributed by atoms with Crippen LogP contribution in [0.4, 0.5) is 0 Å². The first-order valence-corrected chi connectivity index (χ1v) is 6.71. The van der Waals surface area contributed by atoms with Gasteiger partial charge in [-0.05, 0) is 42.6 Å². The van der Waals surface area contributed by atoms with E-state index in [1.807, 2.05) is 12.5 Å². The van der Waals surface area contributed by atoms with Crippen LogP contribution in [-0.4, -0.2) is 5.60 Å². The van der Waals surface area contributed by atoms with Crippen molar-refractivity contribution in [3.8, 4) is 0 Å². The molecule has 2 bridgehead atoms. The first-order valence-electron chi connectivity index (χ1n) is 6.71. The standard InChI is InChI=1S/C15H20O2/c1-14(2)5-10-12(6-14)15(3)4-9-7-16-8-11(9)13(10)17-15/h7-8,10,12-13H,4-6H2,1-3H3/t10-,12+,13-,15-/m1/s1. The Bertz CT molecular complexity index is 473. The van der Waals surface area contributed by atoms with Crippen molar-refractivity contribution >= 4 is 0 Å². The van der Waals surface area contributed by atoms with Gasteiger partial charge >= 0.3 is 0 Å². The van der Waals surface area contributed by atoms with Crippen molar-refractivity contribution in [2.75, 3.05) is 0 Å². The zero-order chi connectivity index (χ0) is 11.8. The molecule has 92 valence electrons. The molecule has 1 saturated carbocycles. The zero-order valence-electron chi connectivity index (χ0n) is 10.8. The van der Waals surface area contributed by atoms with E-state index in [0.29, 0.717) is 17.4 Å². The second-order valence-electron chi connectivity index (χ2n) is 7.22. The summed E-state index contributed by atoms with van der Waals surface area (Å²) >= 11 is 0. The second kappa shape index (κ2) is 2.80. The van der Waals surface area contributed by atoms with Crippen LogP contribution in [0, 0.1) is 17.3 Å². The molecule has 0 unspecified atom stereocenters. The van der Waals surface area contributed by atoms with E-state index in [1.165, 1.54) is 24.0 Å². The summed E-state index contributed by atoms with van der Waals surface area (Å²) in [7, 11) is 0. The van der Waals surface area contributed by atoms with Gasteiger partial charge in [0.05, 0.1) is 24.2 Å². The van der Waals surface area contributed by atoms with E-state index in [1.54, 1.807) is 0 Å². The lowest BCUT2D eigenvalue weighted by Gasteiger charge is -2.35. The SMILES string of the molecule is CC1(C)C[C@H]2[C@H]3O[C@](C)(Cc4cocc43)[C@H]2C1. The molecular weight excluding hydrogens is 212 g/mol. The maximum atomic E-state index is 6.37. The third kappa shape index (κ3) is 1.20. The highest BCUT2D eigenvalue weighted by Crippen LogP contribution is 2.64. The van der Waals surface area contributed by atoms with Crippen molar-refractivity contribution in [3.05, 3.63) is 23.7 Å². The molecule has 1 saturated heterocycles. The molecule has 2 fully saturated rings. The van der Waals surface area contributed by atoms with Gasteiger partial charge in [-0.25, -0.2) is 0 Å². The van der Waals surface area contributed by atoms with E-state index < -0.39 is 0 Å². The smallest absolute Gasteiger partial charge is 0.0963 e. The number of ether oxygens (including phenoxy) is 1. The number of furan rings is 1. The van der Waals surface area contributed by atoms with Gasteiger partial charge in [0.15, 0.2) is 0 Å². The molecular formula is C15H20O2. The maximum Gasteiger partial charge on any atom is 0.0963 e. The predicted molar refractivity (Wildman–Crippen MR) is 64.6 cm³/mol. The third-order valence-corrected chi connectivity index (χ3v) is 5.27. The van der Waals surface area contributed by atoms with E-state index in [-0.39, 0.29) is 5.60 Å². The topological polar surface area (TPSA) is 22.4 Å². The quantitative estimate of drug-likeness (QED) is 0.680. The fourth-order valence-corrected chi connectivity index (χ4v) is 4.63. The highest BCUT2D eigenvalue weighted by Gasteiger charge is 2.60. The lowest BCUT2D eigenvalue weighted by atomic mass is 9.80. The van der Waals surface area contributed by atoms with E-state index in [9.17, 15) is 0 Å². The maximum absolute atomic E-state index is 6.37. The van der Waals surface area contributed by atoms with Crippen molar-refractivity contribution in [1.82, 2.24) is 0 Å². The van der Waals surface area contributed by atoms with Crippen LogP contribution in [0.15, 0.2) is 16.9 Å². The highest BCUT2D eigenvalue weighted by molar-refractivity contribution is 5.33. The first-order chi connectivity index (χ1) is 7.99. The molecule has 0 radical (unpaired) electrons. The van der Waals surface area contributed by atoms with Gasteiger partial charge in [-0.3, -0.25) is 0 Å². The predicted octanol–water partition coefficient (Wildman–Crippen LogP) is 3.72. The van der Waals surface area contributed by atoms with Crippen LogP contribution in [0.5, 0.6) is 0 Å². The summed E-state index contributed by atoms with van der Waals surface area (Å²) in [5.74, 6) is 1.43. The van der Waals surface area contributed by atoms with Gasteiger partial charge in [-0.2, -0.15) is 0 Å². The molecule has 3 aliphatic rings. The zero-order valence-corrected chi connectivity index (χ0v) is 10.8. The number of hydrogen-bond acceptors (Lipinski definition) is 2. The fraction of sp³-hybridized carbons (Fsp3) is 0.733. The van der Waals surface area contributed by atoms with E-state index in [2.05, 4.69) is 20.8 Å². The highest BCUT2D eigenvalue weighted by atomic mass is 16.5. The van der Waals surface area contributed by atoms with E-state index >= 15 is 0 Å². The molecule has 17 heavy (non-hydrogen) atoms. The van der Waals surface area contributed by atoms with Crippen LogP contribution in [0.1, 0.15) is 50.8 Å². The Hall–Kier alpha value is -0.760. The van der Waals surface area contributed by atoms with Crippen LogP contribution < -0.4 is 0 Å². The number of rotatable bonds is 0. The fourth-order valence-electron chi connectivity index (χ4n) is 4.63. The summed E-state index contributed by atoms with van der Waals surface area (Å²) < 4.78 is 11.8. The summed E-state index contributed by atoms with van der Waals surface area (Å²) in [6.45, 7) is 7.11.